The monoisotopic (exact) mass is 310 g/mol. The van der Waals surface area contributed by atoms with Crippen LogP contribution in [0.4, 0.5) is 5.69 Å². The van der Waals surface area contributed by atoms with E-state index in [0.717, 1.165) is 11.3 Å². The molecule has 1 saturated heterocycles. The van der Waals surface area contributed by atoms with Gasteiger partial charge in [-0.2, -0.15) is 0 Å². The second-order valence-corrected chi connectivity index (χ2v) is 5.67. The van der Waals surface area contributed by atoms with E-state index in [4.69, 9.17) is 4.74 Å². The van der Waals surface area contributed by atoms with Crippen LogP contribution in [-0.4, -0.2) is 23.4 Å². The second kappa shape index (κ2) is 6.60. The van der Waals surface area contributed by atoms with E-state index in [2.05, 4.69) is 4.98 Å². The molecule has 5 nitrogen and oxygen atoms in total. The molecule has 118 valence electrons. The number of hydrogen-bond donors (Lipinski definition) is 0. The molecule has 1 aliphatic heterocycles. The Hall–Kier alpha value is -2.69. The van der Waals surface area contributed by atoms with Crippen molar-refractivity contribution in [3.05, 3.63) is 59.9 Å². The molecule has 1 aromatic carbocycles. The number of carbonyl (C=O) groups excluding carboxylic acids is 2. The van der Waals surface area contributed by atoms with Crippen LogP contribution in [0.15, 0.2) is 48.7 Å². The Labute approximate surface area is 134 Å². The van der Waals surface area contributed by atoms with Gasteiger partial charge in [0.1, 0.15) is 6.61 Å². The number of hydrogen-bond acceptors (Lipinski definition) is 4. The summed E-state index contributed by atoms with van der Waals surface area (Å²) in [5.41, 5.74) is 2.65. The fourth-order valence-electron chi connectivity index (χ4n) is 2.59. The lowest BCUT2D eigenvalue weighted by Gasteiger charge is -2.16. The number of benzene rings is 1. The van der Waals surface area contributed by atoms with Gasteiger partial charge >= 0.3 is 5.97 Å². The van der Waals surface area contributed by atoms with Crippen LogP contribution in [0.5, 0.6) is 0 Å². The predicted octanol–water partition coefficient (Wildman–Crippen LogP) is 2.49. The van der Waals surface area contributed by atoms with Crippen molar-refractivity contribution in [1.29, 1.82) is 0 Å². The summed E-state index contributed by atoms with van der Waals surface area (Å²) < 4.78 is 5.28. The van der Waals surface area contributed by atoms with Crippen molar-refractivity contribution in [3.8, 4) is 0 Å². The Kier molecular flexibility index (Phi) is 4.37. The first kappa shape index (κ1) is 15.2. The van der Waals surface area contributed by atoms with Gasteiger partial charge in [-0.1, -0.05) is 23.8 Å². The van der Waals surface area contributed by atoms with Crippen LogP contribution in [0.1, 0.15) is 17.7 Å². The molecule has 3 rings (SSSR count). The third-order valence-corrected chi connectivity index (χ3v) is 3.89. The van der Waals surface area contributed by atoms with E-state index in [0.29, 0.717) is 12.2 Å². The molecule has 0 N–H and O–H groups in total. The molecule has 0 bridgehead atoms. The molecular weight excluding hydrogens is 292 g/mol. The van der Waals surface area contributed by atoms with Crippen molar-refractivity contribution in [2.24, 2.45) is 5.92 Å². The van der Waals surface area contributed by atoms with Gasteiger partial charge in [0.15, 0.2) is 0 Å². The van der Waals surface area contributed by atoms with Gasteiger partial charge in [-0.05, 0) is 31.2 Å². The minimum absolute atomic E-state index is 0.0476. The van der Waals surface area contributed by atoms with Crippen molar-refractivity contribution in [2.45, 2.75) is 20.0 Å². The van der Waals surface area contributed by atoms with Crippen LogP contribution < -0.4 is 4.90 Å². The highest BCUT2D eigenvalue weighted by atomic mass is 16.5. The van der Waals surface area contributed by atoms with Crippen LogP contribution in [0, 0.1) is 12.8 Å². The van der Waals surface area contributed by atoms with E-state index < -0.39 is 5.92 Å². The topological polar surface area (TPSA) is 59.5 Å². The number of carbonyl (C=O) groups is 2. The number of rotatable bonds is 4. The first-order valence-corrected chi connectivity index (χ1v) is 7.57. The zero-order valence-electron chi connectivity index (χ0n) is 12.9. The molecule has 1 aromatic heterocycles. The van der Waals surface area contributed by atoms with Gasteiger partial charge in [0.2, 0.25) is 5.91 Å². The SMILES string of the molecule is Cc1ccc(N2CC(C(=O)OCc3ccccn3)CC2=O)cc1. The highest BCUT2D eigenvalue weighted by Crippen LogP contribution is 2.26. The van der Waals surface area contributed by atoms with E-state index in [1.165, 1.54) is 0 Å². The maximum atomic E-state index is 12.2. The van der Waals surface area contributed by atoms with E-state index >= 15 is 0 Å². The molecule has 2 aromatic rings. The fourth-order valence-corrected chi connectivity index (χ4v) is 2.59. The fraction of sp³-hybridized carbons (Fsp3) is 0.278. The third-order valence-electron chi connectivity index (χ3n) is 3.89. The molecule has 2 heterocycles. The highest BCUT2D eigenvalue weighted by molar-refractivity contribution is 5.99. The van der Waals surface area contributed by atoms with Gasteiger partial charge < -0.3 is 9.64 Å². The first-order chi connectivity index (χ1) is 11.1. The lowest BCUT2D eigenvalue weighted by molar-refractivity contribution is -0.149. The number of esters is 1. The summed E-state index contributed by atoms with van der Waals surface area (Å²) in [6, 6.07) is 13.1. The molecule has 0 aliphatic carbocycles. The quantitative estimate of drug-likeness (QED) is 0.814. The Morgan fingerprint density at radius 2 is 2.04 bits per heavy atom. The standard InChI is InChI=1S/C18H18N2O3/c1-13-5-7-16(8-6-13)20-11-14(10-17(20)21)18(22)23-12-15-4-2-3-9-19-15/h2-9,14H,10-12H2,1H3. The van der Waals surface area contributed by atoms with Crippen molar-refractivity contribution >= 4 is 17.6 Å². The number of aromatic nitrogens is 1. The van der Waals surface area contributed by atoms with Gasteiger partial charge in [0.05, 0.1) is 11.6 Å². The number of anilines is 1. The summed E-state index contributed by atoms with van der Waals surface area (Å²) in [5, 5.41) is 0. The van der Waals surface area contributed by atoms with E-state index in [9.17, 15) is 9.59 Å². The smallest absolute Gasteiger partial charge is 0.311 e. The van der Waals surface area contributed by atoms with Crippen LogP contribution in [0.2, 0.25) is 0 Å². The normalized spacial score (nSPS) is 17.3. The van der Waals surface area contributed by atoms with Gasteiger partial charge in [-0.25, -0.2) is 0 Å². The highest BCUT2D eigenvalue weighted by Gasteiger charge is 2.36. The summed E-state index contributed by atoms with van der Waals surface area (Å²) in [4.78, 5) is 30.1. The molecule has 1 aliphatic rings. The average Bonchev–Trinajstić information content (AvgIpc) is 2.96. The van der Waals surface area contributed by atoms with Crippen molar-refractivity contribution in [3.63, 3.8) is 0 Å². The minimum Gasteiger partial charge on any atom is -0.459 e. The van der Waals surface area contributed by atoms with Crippen LogP contribution >= 0.6 is 0 Å². The molecule has 0 spiro atoms. The number of pyridine rings is 1. The average molecular weight is 310 g/mol. The molecule has 1 fully saturated rings. The van der Waals surface area contributed by atoms with Crippen LogP contribution in [0.3, 0.4) is 0 Å². The summed E-state index contributed by atoms with van der Waals surface area (Å²) in [7, 11) is 0. The Morgan fingerprint density at radius 3 is 2.74 bits per heavy atom. The zero-order chi connectivity index (χ0) is 16.2. The third kappa shape index (κ3) is 3.56. The summed E-state index contributed by atoms with van der Waals surface area (Å²) in [6.07, 6.45) is 1.84. The van der Waals surface area contributed by atoms with Crippen molar-refractivity contribution in [1.82, 2.24) is 4.98 Å². The van der Waals surface area contributed by atoms with Gasteiger partial charge in [0.25, 0.3) is 0 Å². The van der Waals surface area contributed by atoms with Crippen LogP contribution in [-0.2, 0) is 20.9 Å². The van der Waals surface area contributed by atoms with Crippen LogP contribution in [0.25, 0.3) is 0 Å². The van der Waals surface area contributed by atoms with Gasteiger partial charge in [-0.3, -0.25) is 14.6 Å². The van der Waals surface area contributed by atoms with Gasteiger partial charge in [-0.15, -0.1) is 0 Å². The Balaban J connectivity index is 1.60. The van der Waals surface area contributed by atoms with Crippen molar-refractivity contribution < 1.29 is 14.3 Å². The molecular formula is C18H18N2O3. The molecule has 5 heteroatoms. The maximum Gasteiger partial charge on any atom is 0.311 e. The number of ether oxygens (including phenoxy) is 1. The number of amides is 1. The van der Waals surface area contributed by atoms with Crippen molar-refractivity contribution in [2.75, 3.05) is 11.4 Å². The predicted molar refractivity (Wildman–Crippen MR) is 85.7 cm³/mol. The Bertz CT molecular complexity index is 698. The van der Waals surface area contributed by atoms with E-state index in [-0.39, 0.29) is 24.9 Å². The molecule has 1 atom stereocenters. The minimum atomic E-state index is -0.424. The molecule has 0 radical (unpaired) electrons. The zero-order valence-corrected chi connectivity index (χ0v) is 12.9. The number of nitrogens with zero attached hydrogens (tertiary/aromatic N) is 2. The van der Waals surface area contributed by atoms with E-state index in [1.54, 1.807) is 23.2 Å². The molecule has 1 unspecified atom stereocenters. The lowest BCUT2D eigenvalue weighted by atomic mass is 10.1. The molecule has 0 saturated carbocycles. The summed E-state index contributed by atoms with van der Waals surface area (Å²) in [6.45, 7) is 2.49. The maximum absolute atomic E-state index is 12.2. The summed E-state index contributed by atoms with van der Waals surface area (Å²) >= 11 is 0. The number of aryl methyl sites for hydroxylation is 1. The molecule has 1 amide bonds. The Morgan fingerprint density at radius 1 is 1.26 bits per heavy atom. The first-order valence-electron chi connectivity index (χ1n) is 7.57. The van der Waals surface area contributed by atoms with E-state index in [1.807, 2.05) is 37.3 Å². The summed E-state index contributed by atoms with van der Waals surface area (Å²) in [5.74, 6) is -0.820. The largest absolute Gasteiger partial charge is 0.459 e. The van der Waals surface area contributed by atoms with Gasteiger partial charge in [0, 0.05) is 24.8 Å². The molecule has 23 heavy (non-hydrogen) atoms. The second-order valence-electron chi connectivity index (χ2n) is 5.67. The lowest BCUT2D eigenvalue weighted by Crippen LogP contribution is -2.26.